The number of nitrogens with zero attached hydrogens (tertiary/aromatic N) is 3. The predicted molar refractivity (Wildman–Crippen MR) is 140 cm³/mol. The minimum absolute atomic E-state index is 0.0801. The van der Waals surface area contributed by atoms with Crippen LogP contribution in [0.25, 0.3) is 0 Å². The molecule has 2 amide bonds. The first kappa shape index (κ1) is 24.6. The van der Waals surface area contributed by atoms with Crippen LogP contribution in [-0.4, -0.2) is 75.7 Å². The van der Waals surface area contributed by atoms with E-state index in [1.54, 1.807) is 17.0 Å². The fraction of sp³-hybridized carbons (Fsp3) is 0.462. The highest BCUT2D eigenvalue weighted by Crippen LogP contribution is 2.40. The molecule has 0 spiro atoms. The van der Waals surface area contributed by atoms with Gasteiger partial charge in [-0.25, -0.2) is 8.42 Å². The van der Waals surface area contributed by atoms with E-state index in [0.717, 1.165) is 35.6 Å². The van der Waals surface area contributed by atoms with Crippen LogP contribution in [0.4, 0.5) is 22.7 Å². The van der Waals surface area contributed by atoms with Crippen molar-refractivity contribution in [3.05, 3.63) is 48.0 Å². The van der Waals surface area contributed by atoms with Gasteiger partial charge < -0.3 is 24.8 Å². The number of hydrogen-bond donors (Lipinski definition) is 1. The van der Waals surface area contributed by atoms with Crippen LogP contribution in [0.15, 0.2) is 42.5 Å². The number of amides is 2. The number of nitrogens with one attached hydrogen (secondary N) is 1. The summed E-state index contributed by atoms with van der Waals surface area (Å²) in [6, 6.07) is 13.0. The highest BCUT2D eigenvalue weighted by atomic mass is 32.2. The van der Waals surface area contributed by atoms with Gasteiger partial charge in [0.1, 0.15) is 11.9 Å². The smallest absolute Gasteiger partial charge is 0.254 e. The van der Waals surface area contributed by atoms with E-state index in [-0.39, 0.29) is 35.5 Å². The Morgan fingerprint density at radius 1 is 1.03 bits per heavy atom. The van der Waals surface area contributed by atoms with Crippen LogP contribution >= 0.6 is 0 Å². The van der Waals surface area contributed by atoms with E-state index in [4.69, 9.17) is 4.74 Å². The van der Waals surface area contributed by atoms with Crippen molar-refractivity contribution < 1.29 is 22.7 Å². The van der Waals surface area contributed by atoms with Crippen LogP contribution in [0.3, 0.4) is 0 Å². The molecule has 0 unspecified atom stereocenters. The van der Waals surface area contributed by atoms with Crippen LogP contribution in [0, 0.1) is 0 Å². The summed E-state index contributed by atoms with van der Waals surface area (Å²) in [6.07, 6.45) is 2.23. The number of rotatable bonds is 4. The van der Waals surface area contributed by atoms with Gasteiger partial charge in [0.05, 0.1) is 17.1 Å². The molecule has 3 heterocycles. The molecule has 9 nitrogen and oxygen atoms in total. The molecule has 2 fully saturated rings. The number of hydrogen-bond acceptors (Lipinski definition) is 7. The average molecular weight is 513 g/mol. The first-order valence-electron chi connectivity index (χ1n) is 12.4. The summed E-state index contributed by atoms with van der Waals surface area (Å²) in [5.41, 5.74) is 4.04. The van der Waals surface area contributed by atoms with Crippen molar-refractivity contribution in [2.45, 2.75) is 38.3 Å². The molecule has 0 bridgehead atoms. The molecule has 0 aromatic heterocycles. The third kappa shape index (κ3) is 4.79. The normalized spacial score (nSPS) is 22.3. The largest absolute Gasteiger partial charge is 0.381 e. The minimum Gasteiger partial charge on any atom is -0.381 e. The Hall–Kier alpha value is -3.11. The predicted octanol–water partition coefficient (Wildman–Crippen LogP) is 3.00. The number of carbonyl (C=O) groups is 2. The lowest BCUT2D eigenvalue weighted by atomic mass is 9.99. The number of likely N-dealkylation sites (N-methyl/N-ethyl adjacent to an activating group) is 1. The van der Waals surface area contributed by atoms with Crippen LogP contribution in [-0.2, 0) is 19.4 Å². The van der Waals surface area contributed by atoms with Gasteiger partial charge in [-0.2, -0.15) is 0 Å². The molecule has 3 aliphatic rings. The Balaban J connectivity index is 1.36. The lowest BCUT2D eigenvalue weighted by Gasteiger charge is -2.45. The van der Waals surface area contributed by atoms with E-state index >= 15 is 0 Å². The van der Waals surface area contributed by atoms with Gasteiger partial charge in [-0.15, -0.1) is 0 Å². The summed E-state index contributed by atoms with van der Waals surface area (Å²) < 4.78 is 29.4. The van der Waals surface area contributed by atoms with Gasteiger partial charge in [0.25, 0.3) is 5.91 Å². The van der Waals surface area contributed by atoms with Crippen molar-refractivity contribution in [3.8, 4) is 0 Å². The Bertz CT molecular complexity index is 1260. The number of benzene rings is 2. The summed E-state index contributed by atoms with van der Waals surface area (Å²) in [7, 11) is -1.39. The lowest BCUT2D eigenvalue weighted by Crippen LogP contribution is -2.55. The standard InChI is InChI=1S/C26H32N4O5S/c1-18-25(31)28(2)23-9-8-21(16-24(23)30(18)22-10-13-35-14-11-22)27-20-6-4-19(5-7-20)26(32)29-12-3-15-36(33,34)17-29/h4-9,16,18,22,27H,3,10-15,17H2,1-2H3/t18-/m1/s1. The summed E-state index contributed by atoms with van der Waals surface area (Å²) in [6.45, 7) is 3.80. The lowest BCUT2D eigenvalue weighted by molar-refractivity contribution is -0.119. The maximum atomic E-state index is 12.9. The van der Waals surface area contributed by atoms with E-state index in [9.17, 15) is 18.0 Å². The molecule has 3 aliphatic heterocycles. The molecule has 2 aromatic carbocycles. The quantitative estimate of drug-likeness (QED) is 0.672. The summed E-state index contributed by atoms with van der Waals surface area (Å²) in [5.74, 6) is -0.279. The van der Waals surface area contributed by atoms with E-state index in [1.165, 1.54) is 4.90 Å². The molecule has 1 atom stereocenters. The van der Waals surface area contributed by atoms with E-state index in [1.807, 2.05) is 38.2 Å². The molecule has 1 N–H and O–H groups in total. The van der Waals surface area contributed by atoms with Crippen molar-refractivity contribution in [1.29, 1.82) is 0 Å². The fourth-order valence-corrected chi connectivity index (χ4v) is 6.76. The monoisotopic (exact) mass is 512 g/mol. The molecular formula is C26H32N4O5S. The summed E-state index contributed by atoms with van der Waals surface area (Å²) in [5, 5.41) is 3.40. The number of sulfone groups is 1. The van der Waals surface area contributed by atoms with Crippen molar-refractivity contribution >= 4 is 44.4 Å². The maximum Gasteiger partial charge on any atom is 0.254 e. The van der Waals surface area contributed by atoms with E-state index in [0.29, 0.717) is 31.7 Å². The minimum atomic E-state index is -3.21. The van der Waals surface area contributed by atoms with Gasteiger partial charge >= 0.3 is 0 Å². The molecule has 0 saturated carbocycles. The van der Waals surface area contributed by atoms with Gasteiger partial charge in [0.2, 0.25) is 5.91 Å². The SMILES string of the molecule is C[C@@H]1C(=O)N(C)c2ccc(Nc3ccc(C(=O)N4CCCS(=O)(=O)C4)cc3)cc2N1C1CCOCC1. The first-order valence-corrected chi connectivity index (χ1v) is 14.2. The molecule has 0 radical (unpaired) electrons. The molecule has 10 heteroatoms. The highest BCUT2D eigenvalue weighted by molar-refractivity contribution is 7.91. The molecule has 0 aliphatic carbocycles. The zero-order chi connectivity index (χ0) is 25.4. The van der Waals surface area contributed by atoms with E-state index < -0.39 is 9.84 Å². The van der Waals surface area contributed by atoms with E-state index in [2.05, 4.69) is 16.3 Å². The highest BCUT2D eigenvalue weighted by Gasteiger charge is 2.38. The van der Waals surface area contributed by atoms with Crippen LogP contribution in [0.2, 0.25) is 0 Å². The zero-order valence-corrected chi connectivity index (χ0v) is 21.5. The van der Waals surface area contributed by atoms with Crippen molar-refractivity contribution in [3.63, 3.8) is 0 Å². The number of fused-ring (bicyclic) bond motifs is 1. The van der Waals surface area contributed by atoms with Gasteiger partial charge in [0, 0.05) is 49.8 Å². The van der Waals surface area contributed by atoms with Gasteiger partial charge in [-0.3, -0.25) is 9.59 Å². The third-order valence-corrected chi connectivity index (χ3v) is 8.86. The molecule has 5 rings (SSSR count). The number of carbonyl (C=O) groups excluding carboxylic acids is 2. The Labute approximate surface area is 211 Å². The van der Waals surface area contributed by atoms with Gasteiger partial charge in [-0.05, 0) is 68.7 Å². The third-order valence-electron chi connectivity index (χ3n) is 7.25. The van der Waals surface area contributed by atoms with Crippen LogP contribution in [0.5, 0.6) is 0 Å². The first-order chi connectivity index (χ1) is 17.2. The Kier molecular flexibility index (Phi) is 6.65. The Morgan fingerprint density at radius 3 is 2.42 bits per heavy atom. The molecule has 192 valence electrons. The topological polar surface area (TPSA) is 99.3 Å². The second-order valence-electron chi connectivity index (χ2n) is 9.73. The summed E-state index contributed by atoms with van der Waals surface area (Å²) in [4.78, 5) is 31.1. The number of ether oxygens (including phenoxy) is 1. The van der Waals surface area contributed by atoms with Gasteiger partial charge in [0.15, 0.2) is 9.84 Å². The molecular weight excluding hydrogens is 480 g/mol. The summed E-state index contributed by atoms with van der Waals surface area (Å²) >= 11 is 0. The average Bonchev–Trinajstić information content (AvgIpc) is 2.87. The van der Waals surface area contributed by atoms with Crippen molar-refractivity contribution in [1.82, 2.24) is 4.90 Å². The zero-order valence-electron chi connectivity index (χ0n) is 20.6. The second kappa shape index (κ2) is 9.74. The molecule has 2 saturated heterocycles. The van der Waals surface area contributed by atoms with Crippen LogP contribution in [0.1, 0.15) is 36.5 Å². The van der Waals surface area contributed by atoms with Gasteiger partial charge in [-0.1, -0.05) is 0 Å². The fourth-order valence-electron chi connectivity index (χ4n) is 5.34. The van der Waals surface area contributed by atoms with Crippen LogP contribution < -0.4 is 15.1 Å². The molecule has 2 aromatic rings. The van der Waals surface area contributed by atoms with Crippen molar-refractivity contribution in [2.24, 2.45) is 0 Å². The number of anilines is 4. The van der Waals surface area contributed by atoms with Crippen molar-refractivity contribution in [2.75, 3.05) is 53.6 Å². The molecule has 36 heavy (non-hydrogen) atoms. The maximum absolute atomic E-state index is 12.9. The Morgan fingerprint density at radius 2 is 1.72 bits per heavy atom. The second-order valence-corrected chi connectivity index (χ2v) is 11.9.